The van der Waals surface area contributed by atoms with Crippen LogP contribution in [0.1, 0.15) is 40.9 Å². The van der Waals surface area contributed by atoms with Crippen LogP contribution in [0.4, 0.5) is 0 Å². The summed E-state index contributed by atoms with van der Waals surface area (Å²) in [6.45, 7) is 6.84. The summed E-state index contributed by atoms with van der Waals surface area (Å²) >= 11 is 0. The second kappa shape index (κ2) is 10.6. The number of carbonyl (C=O) groups is 1. The van der Waals surface area contributed by atoms with E-state index in [1.807, 2.05) is 81.4 Å². The number of nitrogens with zero attached hydrogens (tertiary/aromatic N) is 1. The van der Waals surface area contributed by atoms with Crippen LogP contribution in [0.3, 0.4) is 0 Å². The largest absolute Gasteiger partial charge is 0.352 e. The Hall–Kier alpha value is -2.96. The number of rotatable bonds is 9. The van der Waals surface area contributed by atoms with E-state index in [1.165, 1.54) is 10.4 Å². The van der Waals surface area contributed by atoms with Crippen LogP contribution in [0.25, 0.3) is 0 Å². The minimum atomic E-state index is -3.85. The number of hydrogen-bond acceptors (Lipinski definition) is 3. The summed E-state index contributed by atoms with van der Waals surface area (Å²) in [5.74, 6) is 0.0457. The van der Waals surface area contributed by atoms with Crippen molar-refractivity contribution in [2.45, 2.75) is 38.8 Å². The van der Waals surface area contributed by atoms with Crippen molar-refractivity contribution < 1.29 is 13.2 Å². The molecule has 3 aromatic carbocycles. The molecule has 1 amide bonds. The number of aryl methyl sites for hydroxylation is 1. The summed E-state index contributed by atoms with van der Waals surface area (Å²) in [4.78, 5) is 12.8. The van der Waals surface area contributed by atoms with Crippen LogP contribution >= 0.6 is 0 Å². The van der Waals surface area contributed by atoms with Gasteiger partial charge in [0.15, 0.2) is 0 Å². The number of carbonyl (C=O) groups excluding carboxylic acids is 1. The van der Waals surface area contributed by atoms with Crippen LogP contribution in [0.15, 0.2) is 83.8 Å². The molecule has 0 aromatic heterocycles. The van der Waals surface area contributed by atoms with Crippen LogP contribution < -0.4 is 5.32 Å². The number of benzene rings is 3. The number of amides is 1. The van der Waals surface area contributed by atoms with E-state index in [0.29, 0.717) is 18.0 Å². The van der Waals surface area contributed by atoms with Crippen molar-refractivity contribution in [3.63, 3.8) is 0 Å². The molecule has 0 heterocycles. The van der Waals surface area contributed by atoms with Gasteiger partial charge in [-0.15, -0.1) is 0 Å². The van der Waals surface area contributed by atoms with E-state index in [0.717, 1.165) is 16.7 Å². The predicted octanol–water partition coefficient (Wildman–Crippen LogP) is 4.77. The minimum absolute atomic E-state index is 0.115. The maximum absolute atomic E-state index is 13.7. The van der Waals surface area contributed by atoms with Gasteiger partial charge in [-0.25, -0.2) is 8.42 Å². The van der Waals surface area contributed by atoms with E-state index < -0.39 is 10.0 Å². The first-order chi connectivity index (χ1) is 15.3. The van der Waals surface area contributed by atoms with Gasteiger partial charge >= 0.3 is 0 Å². The lowest BCUT2D eigenvalue weighted by molar-refractivity contribution is 0.0948. The molecule has 0 aliphatic heterocycles. The molecule has 0 fully saturated rings. The molecule has 0 atom stereocenters. The van der Waals surface area contributed by atoms with Crippen molar-refractivity contribution in [2.24, 2.45) is 5.92 Å². The molecule has 0 unspecified atom stereocenters. The highest BCUT2D eigenvalue weighted by molar-refractivity contribution is 7.89. The first kappa shape index (κ1) is 23.7. The van der Waals surface area contributed by atoms with Crippen LogP contribution in [-0.2, 0) is 23.1 Å². The summed E-state index contributed by atoms with van der Waals surface area (Å²) in [7, 11) is -3.85. The zero-order chi connectivity index (χ0) is 23.1. The molecule has 5 nitrogen and oxygen atoms in total. The summed E-state index contributed by atoms with van der Waals surface area (Å²) in [5, 5.41) is 2.88. The third-order valence-electron chi connectivity index (χ3n) is 5.17. The quantitative estimate of drug-likeness (QED) is 0.511. The van der Waals surface area contributed by atoms with Gasteiger partial charge in [-0.2, -0.15) is 4.31 Å². The normalized spacial score (nSPS) is 11.7. The first-order valence-electron chi connectivity index (χ1n) is 10.7. The lowest BCUT2D eigenvalue weighted by atomic mass is 10.1. The average molecular weight is 451 g/mol. The van der Waals surface area contributed by atoms with Gasteiger partial charge in [0, 0.05) is 25.2 Å². The molecule has 3 aromatic rings. The van der Waals surface area contributed by atoms with Crippen molar-refractivity contribution >= 4 is 15.9 Å². The monoisotopic (exact) mass is 450 g/mol. The Kier molecular flexibility index (Phi) is 7.83. The molecule has 3 rings (SSSR count). The maximum Gasteiger partial charge on any atom is 0.251 e. The molecule has 32 heavy (non-hydrogen) atoms. The number of sulfonamides is 1. The molecule has 168 valence electrons. The van der Waals surface area contributed by atoms with Gasteiger partial charge < -0.3 is 5.32 Å². The molecule has 0 spiro atoms. The lowest BCUT2D eigenvalue weighted by Gasteiger charge is -2.23. The van der Waals surface area contributed by atoms with Crippen molar-refractivity contribution in [3.8, 4) is 0 Å². The molecule has 6 heteroatoms. The predicted molar refractivity (Wildman–Crippen MR) is 128 cm³/mol. The zero-order valence-corrected chi connectivity index (χ0v) is 19.6. The Bertz CT molecular complexity index is 1100. The van der Waals surface area contributed by atoms with E-state index in [1.54, 1.807) is 12.1 Å². The van der Waals surface area contributed by atoms with E-state index in [-0.39, 0.29) is 23.9 Å². The van der Waals surface area contributed by atoms with Crippen LogP contribution in [0.5, 0.6) is 0 Å². The van der Waals surface area contributed by atoms with Gasteiger partial charge in [0.1, 0.15) is 0 Å². The van der Waals surface area contributed by atoms with Gasteiger partial charge in [0.05, 0.1) is 4.90 Å². The maximum atomic E-state index is 13.7. The molecule has 1 N–H and O–H groups in total. The summed E-state index contributed by atoms with van der Waals surface area (Å²) in [6, 6.07) is 23.8. The molecular formula is C26H30N2O3S. The third kappa shape index (κ3) is 6.05. The fourth-order valence-electron chi connectivity index (χ4n) is 3.35. The minimum Gasteiger partial charge on any atom is -0.352 e. The standard InChI is InChI=1S/C26H30N2O3S/c1-20(2)17-27-26(29)25-16-24(15-14-21(25)3)32(30,31)28(18-22-10-6-4-7-11-22)19-23-12-8-5-9-13-23/h4-16,20H,17-19H2,1-3H3,(H,27,29). The molecule has 0 saturated carbocycles. The Morgan fingerprint density at radius 1 is 0.875 bits per heavy atom. The van der Waals surface area contributed by atoms with Crippen molar-refractivity contribution in [1.29, 1.82) is 0 Å². The number of hydrogen-bond donors (Lipinski definition) is 1. The SMILES string of the molecule is Cc1ccc(S(=O)(=O)N(Cc2ccccc2)Cc2ccccc2)cc1C(=O)NCC(C)C. The highest BCUT2D eigenvalue weighted by atomic mass is 32.2. The lowest BCUT2D eigenvalue weighted by Crippen LogP contribution is -2.31. The molecule has 0 aliphatic carbocycles. The van der Waals surface area contributed by atoms with E-state index in [9.17, 15) is 13.2 Å². The van der Waals surface area contributed by atoms with Crippen molar-refractivity contribution in [3.05, 3.63) is 101 Å². The summed E-state index contributed by atoms with van der Waals surface area (Å²) in [5.41, 5.74) is 2.91. The highest BCUT2D eigenvalue weighted by Crippen LogP contribution is 2.23. The summed E-state index contributed by atoms with van der Waals surface area (Å²) in [6.07, 6.45) is 0. The second-order valence-electron chi connectivity index (χ2n) is 8.32. The van der Waals surface area contributed by atoms with Crippen LogP contribution in [-0.4, -0.2) is 25.2 Å². The van der Waals surface area contributed by atoms with Gasteiger partial charge in [-0.1, -0.05) is 80.6 Å². The Morgan fingerprint density at radius 2 is 1.41 bits per heavy atom. The molecule has 0 aliphatic rings. The van der Waals surface area contributed by atoms with E-state index in [2.05, 4.69) is 5.32 Å². The fraction of sp³-hybridized carbons (Fsp3) is 0.269. The molecule has 0 saturated heterocycles. The van der Waals surface area contributed by atoms with E-state index >= 15 is 0 Å². The van der Waals surface area contributed by atoms with Crippen molar-refractivity contribution in [1.82, 2.24) is 9.62 Å². The van der Waals surface area contributed by atoms with Gasteiger partial charge in [0.2, 0.25) is 10.0 Å². The Balaban J connectivity index is 1.96. The van der Waals surface area contributed by atoms with Gasteiger partial charge in [0.25, 0.3) is 5.91 Å². The van der Waals surface area contributed by atoms with Gasteiger partial charge in [-0.3, -0.25) is 4.79 Å². The first-order valence-corrected chi connectivity index (χ1v) is 12.2. The molecular weight excluding hydrogens is 420 g/mol. The Labute approximate surface area is 191 Å². The summed E-state index contributed by atoms with van der Waals surface area (Å²) < 4.78 is 28.8. The second-order valence-corrected chi connectivity index (χ2v) is 10.3. The average Bonchev–Trinajstić information content (AvgIpc) is 2.78. The topological polar surface area (TPSA) is 66.5 Å². The molecule has 0 bridgehead atoms. The zero-order valence-electron chi connectivity index (χ0n) is 18.8. The fourth-order valence-corrected chi connectivity index (χ4v) is 4.79. The molecule has 0 radical (unpaired) electrons. The highest BCUT2D eigenvalue weighted by Gasteiger charge is 2.26. The van der Waals surface area contributed by atoms with Crippen LogP contribution in [0, 0.1) is 12.8 Å². The van der Waals surface area contributed by atoms with Crippen molar-refractivity contribution in [2.75, 3.05) is 6.54 Å². The smallest absolute Gasteiger partial charge is 0.251 e. The Morgan fingerprint density at radius 3 is 1.91 bits per heavy atom. The van der Waals surface area contributed by atoms with E-state index in [4.69, 9.17) is 0 Å². The number of nitrogens with one attached hydrogen (secondary N) is 1. The van der Waals surface area contributed by atoms with Gasteiger partial charge in [-0.05, 0) is 41.7 Å². The van der Waals surface area contributed by atoms with Crippen LogP contribution in [0.2, 0.25) is 0 Å². The third-order valence-corrected chi connectivity index (χ3v) is 6.95.